The third-order valence-corrected chi connectivity index (χ3v) is 3.49. The molecular weight excluding hydrogens is 271 g/mol. The Kier molecular flexibility index (Phi) is 4.70. The normalized spacial score (nSPS) is 12.2. The molecule has 0 aliphatic carbocycles. The maximum atomic E-state index is 12.9. The lowest BCUT2D eigenvalue weighted by atomic mass is 10.1. The lowest BCUT2D eigenvalue weighted by Crippen LogP contribution is -2.30. The SMILES string of the molecule is CC(c1ccc(F)cc1)N(C)C(=O)c1cn(CCN)cn1. The van der Waals surface area contributed by atoms with Gasteiger partial charge in [0.15, 0.2) is 0 Å². The molecule has 2 N–H and O–H groups in total. The molecule has 0 bridgehead atoms. The van der Waals surface area contributed by atoms with Crippen LogP contribution < -0.4 is 5.73 Å². The van der Waals surface area contributed by atoms with Crippen molar-refractivity contribution in [2.45, 2.75) is 19.5 Å². The van der Waals surface area contributed by atoms with Gasteiger partial charge in [-0.3, -0.25) is 4.79 Å². The fraction of sp³-hybridized carbons (Fsp3) is 0.333. The van der Waals surface area contributed by atoms with E-state index in [-0.39, 0.29) is 17.8 Å². The van der Waals surface area contributed by atoms with E-state index in [0.29, 0.717) is 18.8 Å². The number of carbonyl (C=O) groups is 1. The lowest BCUT2D eigenvalue weighted by Gasteiger charge is -2.24. The number of hydrogen-bond acceptors (Lipinski definition) is 3. The second-order valence-corrected chi connectivity index (χ2v) is 4.93. The van der Waals surface area contributed by atoms with Gasteiger partial charge in [0.05, 0.1) is 12.4 Å². The zero-order valence-corrected chi connectivity index (χ0v) is 12.2. The summed E-state index contributed by atoms with van der Waals surface area (Å²) in [7, 11) is 1.71. The van der Waals surface area contributed by atoms with Crippen LogP contribution in [0.15, 0.2) is 36.8 Å². The molecule has 0 radical (unpaired) electrons. The van der Waals surface area contributed by atoms with Crippen LogP contribution in [0.4, 0.5) is 4.39 Å². The van der Waals surface area contributed by atoms with Crippen LogP contribution in [0, 0.1) is 5.82 Å². The van der Waals surface area contributed by atoms with Gasteiger partial charge in [-0.15, -0.1) is 0 Å². The van der Waals surface area contributed by atoms with E-state index in [1.807, 2.05) is 6.92 Å². The monoisotopic (exact) mass is 290 g/mol. The van der Waals surface area contributed by atoms with E-state index in [1.54, 1.807) is 41.2 Å². The molecular formula is C15H19FN4O. The van der Waals surface area contributed by atoms with E-state index in [2.05, 4.69) is 4.98 Å². The molecule has 2 aromatic rings. The van der Waals surface area contributed by atoms with Crippen molar-refractivity contribution in [2.24, 2.45) is 5.73 Å². The summed E-state index contributed by atoms with van der Waals surface area (Å²) in [6.07, 6.45) is 3.28. The zero-order chi connectivity index (χ0) is 15.4. The number of aromatic nitrogens is 2. The quantitative estimate of drug-likeness (QED) is 0.913. The van der Waals surface area contributed by atoms with Gasteiger partial charge in [0.25, 0.3) is 5.91 Å². The van der Waals surface area contributed by atoms with Crippen LogP contribution in [-0.2, 0) is 6.54 Å². The van der Waals surface area contributed by atoms with E-state index < -0.39 is 0 Å². The molecule has 0 aliphatic heterocycles. The number of carbonyl (C=O) groups excluding carboxylic acids is 1. The van der Waals surface area contributed by atoms with Crippen molar-refractivity contribution >= 4 is 5.91 Å². The molecule has 1 unspecified atom stereocenters. The molecule has 1 aromatic carbocycles. The summed E-state index contributed by atoms with van der Waals surface area (Å²) < 4.78 is 14.7. The Morgan fingerprint density at radius 3 is 2.71 bits per heavy atom. The Morgan fingerprint density at radius 1 is 1.43 bits per heavy atom. The summed E-state index contributed by atoms with van der Waals surface area (Å²) in [5.41, 5.74) is 6.71. The molecule has 0 aliphatic rings. The predicted molar refractivity (Wildman–Crippen MR) is 78.2 cm³/mol. The fourth-order valence-electron chi connectivity index (χ4n) is 2.06. The highest BCUT2D eigenvalue weighted by Crippen LogP contribution is 2.20. The van der Waals surface area contributed by atoms with Gasteiger partial charge in [-0.25, -0.2) is 9.37 Å². The van der Waals surface area contributed by atoms with Gasteiger partial charge in [0.2, 0.25) is 0 Å². The Hall–Kier alpha value is -2.21. The van der Waals surface area contributed by atoms with Gasteiger partial charge in [-0.05, 0) is 24.6 Å². The minimum Gasteiger partial charge on any atom is -0.335 e. The third kappa shape index (κ3) is 3.46. The molecule has 0 spiro atoms. The number of nitrogens with two attached hydrogens (primary N) is 1. The minimum absolute atomic E-state index is 0.169. The van der Waals surface area contributed by atoms with Gasteiger partial charge in [-0.2, -0.15) is 0 Å². The number of rotatable bonds is 5. The Labute approximate surface area is 123 Å². The van der Waals surface area contributed by atoms with E-state index in [4.69, 9.17) is 5.73 Å². The topological polar surface area (TPSA) is 64.2 Å². The van der Waals surface area contributed by atoms with Crippen LogP contribution in [0.2, 0.25) is 0 Å². The summed E-state index contributed by atoms with van der Waals surface area (Å²) in [6, 6.07) is 5.96. The molecule has 1 atom stereocenters. The minimum atomic E-state index is -0.291. The van der Waals surface area contributed by atoms with Crippen molar-refractivity contribution in [3.05, 3.63) is 53.9 Å². The van der Waals surface area contributed by atoms with Crippen molar-refractivity contribution < 1.29 is 9.18 Å². The highest BCUT2D eigenvalue weighted by molar-refractivity contribution is 5.92. The number of nitrogens with zero attached hydrogens (tertiary/aromatic N) is 3. The highest BCUT2D eigenvalue weighted by Gasteiger charge is 2.20. The first-order valence-corrected chi connectivity index (χ1v) is 6.77. The first kappa shape index (κ1) is 15.2. The van der Waals surface area contributed by atoms with Crippen LogP contribution in [0.25, 0.3) is 0 Å². The highest BCUT2D eigenvalue weighted by atomic mass is 19.1. The van der Waals surface area contributed by atoms with E-state index >= 15 is 0 Å². The lowest BCUT2D eigenvalue weighted by molar-refractivity contribution is 0.0737. The Morgan fingerprint density at radius 2 is 2.10 bits per heavy atom. The van der Waals surface area contributed by atoms with Gasteiger partial charge in [0, 0.05) is 26.3 Å². The maximum absolute atomic E-state index is 12.9. The average Bonchev–Trinajstić information content (AvgIpc) is 2.95. The maximum Gasteiger partial charge on any atom is 0.274 e. The molecule has 0 saturated carbocycles. The molecule has 6 heteroatoms. The average molecular weight is 290 g/mol. The van der Waals surface area contributed by atoms with Crippen molar-refractivity contribution in [1.29, 1.82) is 0 Å². The summed E-state index contributed by atoms with van der Waals surface area (Å²) in [5, 5.41) is 0. The number of imidazole rings is 1. The molecule has 21 heavy (non-hydrogen) atoms. The summed E-state index contributed by atoms with van der Waals surface area (Å²) in [4.78, 5) is 18.1. The second kappa shape index (κ2) is 6.49. The standard InChI is InChI=1S/C15H19FN4O/c1-11(12-3-5-13(16)6-4-12)19(2)15(21)14-9-20(8-7-17)10-18-14/h3-6,9-11H,7-8,17H2,1-2H3. The predicted octanol–water partition coefficient (Wildman–Crippen LogP) is 1.81. The van der Waals surface area contributed by atoms with E-state index in [1.165, 1.54) is 12.1 Å². The van der Waals surface area contributed by atoms with E-state index in [0.717, 1.165) is 5.56 Å². The molecule has 0 fully saturated rings. The van der Waals surface area contributed by atoms with Crippen LogP contribution >= 0.6 is 0 Å². The van der Waals surface area contributed by atoms with Crippen LogP contribution in [0.3, 0.4) is 0 Å². The van der Waals surface area contributed by atoms with Gasteiger partial charge >= 0.3 is 0 Å². The first-order chi connectivity index (χ1) is 10.0. The number of halogens is 1. The van der Waals surface area contributed by atoms with Crippen LogP contribution in [-0.4, -0.2) is 34.0 Å². The van der Waals surface area contributed by atoms with Crippen LogP contribution in [0.5, 0.6) is 0 Å². The smallest absolute Gasteiger partial charge is 0.274 e. The van der Waals surface area contributed by atoms with Crippen molar-refractivity contribution in [3.8, 4) is 0 Å². The number of benzene rings is 1. The molecule has 1 aromatic heterocycles. The molecule has 0 saturated heterocycles. The number of amides is 1. The third-order valence-electron chi connectivity index (χ3n) is 3.49. The van der Waals surface area contributed by atoms with Gasteiger partial charge in [-0.1, -0.05) is 12.1 Å². The summed E-state index contributed by atoms with van der Waals surface area (Å²) >= 11 is 0. The van der Waals surface area contributed by atoms with Crippen molar-refractivity contribution in [1.82, 2.24) is 14.5 Å². The largest absolute Gasteiger partial charge is 0.335 e. The Balaban J connectivity index is 2.12. The molecule has 1 heterocycles. The summed E-state index contributed by atoms with van der Waals surface area (Å²) in [5.74, 6) is -0.469. The van der Waals surface area contributed by atoms with Crippen molar-refractivity contribution in [3.63, 3.8) is 0 Å². The van der Waals surface area contributed by atoms with Gasteiger partial charge < -0.3 is 15.2 Å². The number of hydrogen-bond donors (Lipinski definition) is 1. The molecule has 112 valence electrons. The van der Waals surface area contributed by atoms with Crippen molar-refractivity contribution in [2.75, 3.05) is 13.6 Å². The van der Waals surface area contributed by atoms with Crippen LogP contribution in [0.1, 0.15) is 29.0 Å². The first-order valence-electron chi connectivity index (χ1n) is 6.77. The van der Waals surface area contributed by atoms with E-state index in [9.17, 15) is 9.18 Å². The molecule has 1 amide bonds. The fourth-order valence-corrected chi connectivity index (χ4v) is 2.06. The Bertz CT molecular complexity index is 608. The molecule has 2 rings (SSSR count). The van der Waals surface area contributed by atoms with Gasteiger partial charge in [0.1, 0.15) is 11.5 Å². The molecule has 5 nitrogen and oxygen atoms in total. The summed E-state index contributed by atoms with van der Waals surface area (Å²) in [6.45, 7) is 3.01. The second-order valence-electron chi connectivity index (χ2n) is 4.93. The zero-order valence-electron chi connectivity index (χ0n) is 12.2.